The summed E-state index contributed by atoms with van der Waals surface area (Å²) >= 11 is 0. The zero-order chi connectivity index (χ0) is 15.9. The van der Waals surface area contributed by atoms with Crippen LogP contribution in [0.15, 0.2) is 60.7 Å². The van der Waals surface area contributed by atoms with E-state index in [1.54, 1.807) is 5.56 Å². The van der Waals surface area contributed by atoms with Gasteiger partial charge in [0.25, 0.3) is 0 Å². The van der Waals surface area contributed by atoms with E-state index in [0.717, 1.165) is 0 Å². The Bertz CT molecular complexity index is 1120. The van der Waals surface area contributed by atoms with Crippen LogP contribution < -0.4 is 10.4 Å². The van der Waals surface area contributed by atoms with E-state index in [2.05, 4.69) is 66.7 Å². The van der Waals surface area contributed by atoms with Crippen LogP contribution in [-0.4, -0.2) is 0 Å². The van der Waals surface area contributed by atoms with Gasteiger partial charge in [-0.2, -0.15) is 0 Å². The Morgan fingerprint density at radius 1 is 0.833 bits per heavy atom. The average molecular weight is 307 g/mol. The van der Waals surface area contributed by atoms with Gasteiger partial charge in [-0.25, -0.2) is 0 Å². The first-order valence-corrected chi connectivity index (χ1v) is 8.81. The summed E-state index contributed by atoms with van der Waals surface area (Å²) in [7, 11) is 0. The molecule has 0 N–H and O–H groups in total. The van der Waals surface area contributed by atoms with Gasteiger partial charge in [-0.1, -0.05) is 72.8 Å². The molecule has 0 spiro atoms. The van der Waals surface area contributed by atoms with E-state index in [1.807, 2.05) is 12.1 Å². The van der Waals surface area contributed by atoms with Crippen molar-refractivity contribution in [1.82, 2.24) is 0 Å². The molecule has 5 rings (SSSR count). The molecule has 3 aromatic carbocycles. The highest BCUT2D eigenvalue weighted by Gasteiger charge is 2.21. The summed E-state index contributed by atoms with van der Waals surface area (Å²) in [6.07, 6.45) is 8.52. The summed E-state index contributed by atoms with van der Waals surface area (Å²) in [5, 5.41) is 5.59. The number of benzene rings is 3. The zero-order valence-electron chi connectivity index (χ0n) is 13.6. The van der Waals surface area contributed by atoms with Gasteiger partial charge in [-0.15, -0.1) is 0 Å². The van der Waals surface area contributed by atoms with E-state index in [1.165, 1.54) is 51.3 Å². The number of hydrogen-bond acceptors (Lipinski definition) is 0. The lowest BCUT2D eigenvalue weighted by Gasteiger charge is -2.24. The fourth-order valence-electron chi connectivity index (χ4n) is 4.30. The Morgan fingerprint density at radius 3 is 2.62 bits per heavy atom. The number of hydrogen-bond donors (Lipinski definition) is 0. The minimum atomic E-state index is 0.339. The molecule has 0 amide bonds. The molecule has 0 aliphatic heterocycles. The topological polar surface area (TPSA) is 0 Å². The highest BCUT2D eigenvalue weighted by Crippen LogP contribution is 2.32. The van der Waals surface area contributed by atoms with Crippen molar-refractivity contribution in [2.75, 3.05) is 0 Å². The molecule has 1 unspecified atom stereocenters. The third-order valence-corrected chi connectivity index (χ3v) is 5.40. The standard InChI is InChI=1S/C24H19/c1-2-8-17(9-3-1)23-16-19-11-5-6-12-20(19)22-15-14-18-10-4-7-13-21(18)24(22)23/h2-3,5-6,8-12,14-16,23H,4,7,13H2. The molecule has 2 aliphatic rings. The molecule has 1 radical (unpaired) electrons. The maximum atomic E-state index is 3.16. The van der Waals surface area contributed by atoms with Crippen LogP contribution in [0.3, 0.4) is 0 Å². The molecule has 0 bridgehead atoms. The second-order valence-electron chi connectivity index (χ2n) is 6.76. The van der Waals surface area contributed by atoms with Crippen LogP contribution >= 0.6 is 0 Å². The predicted octanol–water partition coefficient (Wildman–Crippen LogP) is 3.82. The van der Waals surface area contributed by atoms with Crippen LogP contribution in [0.4, 0.5) is 0 Å². The van der Waals surface area contributed by atoms with Gasteiger partial charge < -0.3 is 0 Å². The van der Waals surface area contributed by atoms with Crippen LogP contribution in [-0.2, 0) is 6.42 Å². The molecule has 3 aromatic rings. The summed E-state index contributed by atoms with van der Waals surface area (Å²) in [6.45, 7) is 0. The molecule has 0 heterocycles. The Labute approximate surface area is 142 Å². The van der Waals surface area contributed by atoms with Crippen LogP contribution in [0, 0.1) is 16.5 Å². The first kappa shape index (κ1) is 13.8. The summed E-state index contributed by atoms with van der Waals surface area (Å²) in [4.78, 5) is 0. The quantitative estimate of drug-likeness (QED) is 0.641. The van der Waals surface area contributed by atoms with Gasteiger partial charge in [0.05, 0.1) is 0 Å². The van der Waals surface area contributed by atoms with Gasteiger partial charge in [-0.3, -0.25) is 0 Å². The van der Waals surface area contributed by atoms with Crippen molar-refractivity contribution in [3.05, 3.63) is 104 Å². The fourth-order valence-corrected chi connectivity index (χ4v) is 4.30. The Balaban J connectivity index is 1.96. The monoisotopic (exact) mass is 307 g/mol. The SMILES string of the molecule is [c]1ccc(C2C=c3ccccc3=c3ccc4c(c32)CCCC=4)cc1. The number of fused-ring (bicyclic) bond motifs is 4. The Hall–Kier alpha value is -2.60. The molecule has 0 heteroatoms. The van der Waals surface area contributed by atoms with Gasteiger partial charge >= 0.3 is 0 Å². The molecular formula is C24H19. The molecule has 0 fully saturated rings. The van der Waals surface area contributed by atoms with E-state index in [9.17, 15) is 0 Å². The molecule has 0 nitrogen and oxygen atoms in total. The third-order valence-electron chi connectivity index (χ3n) is 5.40. The van der Waals surface area contributed by atoms with Crippen molar-refractivity contribution in [3.8, 4) is 0 Å². The highest BCUT2D eigenvalue weighted by atomic mass is 14.2. The smallest absolute Gasteiger partial charge is 0.0287 e. The largest absolute Gasteiger partial charge is 0.0770 e. The van der Waals surface area contributed by atoms with Crippen molar-refractivity contribution in [3.63, 3.8) is 0 Å². The van der Waals surface area contributed by atoms with Crippen molar-refractivity contribution >= 4 is 12.2 Å². The molecule has 0 saturated heterocycles. The highest BCUT2D eigenvalue weighted by molar-refractivity contribution is 5.57. The van der Waals surface area contributed by atoms with Crippen LogP contribution in [0.2, 0.25) is 0 Å². The van der Waals surface area contributed by atoms with Gasteiger partial charge in [0.1, 0.15) is 0 Å². The summed E-state index contributed by atoms with van der Waals surface area (Å²) in [5.41, 5.74) is 4.44. The lowest BCUT2D eigenvalue weighted by molar-refractivity contribution is 0.814. The maximum absolute atomic E-state index is 3.16. The van der Waals surface area contributed by atoms with E-state index in [0.29, 0.717) is 5.92 Å². The Kier molecular flexibility index (Phi) is 3.16. The maximum Gasteiger partial charge on any atom is 0.0287 e. The van der Waals surface area contributed by atoms with E-state index >= 15 is 0 Å². The molecule has 1 atom stereocenters. The average Bonchev–Trinajstić information content (AvgIpc) is 2.67. The lowest BCUT2D eigenvalue weighted by atomic mass is 9.80. The first-order chi connectivity index (χ1) is 11.9. The van der Waals surface area contributed by atoms with Crippen molar-refractivity contribution in [2.24, 2.45) is 0 Å². The predicted molar refractivity (Wildman–Crippen MR) is 98.8 cm³/mol. The normalized spacial score (nSPS) is 17.8. The molecule has 0 saturated carbocycles. The second-order valence-corrected chi connectivity index (χ2v) is 6.76. The molecule has 24 heavy (non-hydrogen) atoms. The van der Waals surface area contributed by atoms with Crippen LogP contribution in [0.25, 0.3) is 12.2 Å². The zero-order valence-corrected chi connectivity index (χ0v) is 13.6. The fraction of sp³-hybridized carbons (Fsp3) is 0.167. The van der Waals surface area contributed by atoms with Gasteiger partial charge in [0, 0.05) is 5.92 Å². The van der Waals surface area contributed by atoms with Crippen LogP contribution in [0.5, 0.6) is 0 Å². The minimum Gasteiger partial charge on any atom is -0.0770 e. The van der Waals surface area contributed by atoms with E-state index in [4.69, 9.17) is 0 Å². The van der Waals surface area contributed by atoms with Gasteiger partial charge in [-0.05, 0) is 62.9 Å². The van der Waals surface area contributed by atoms with Crippen LogP contribution in [0.1, 0.15) is 35.4 Å². The lowest BCUT2D eigenvalue weighted by Crippen LogP contribution is -2.22. The number of rotatable bonds is 1. The second kappa shape index (κ2) is 5.49. The summed E-state index contributed by atoms with van der Waals surface area (Å²) in [6, 6.07) is 25.1. The Morgan fingerprint density at radius 2 is 1.71 bits per heavy atom. The molecule has 0 aromatic heterocycles. The first-order valence-electron chi connectivity index (χ1n) is 8.81. The van der Waals surface area contributed by atoms with Gasteiger partial charge in [0.15, 0.2) is 0 Å². The third kappa shape index (κ3) is 2.06. The van der Waals surface area contributed by atoms with Crippen molar-refractivity contribution in [1.29, 1.82) is 0 Å². The minimum absolute atomic E-state index is 0.339. The molecule has 115 valence electrons. The van der Waals surface area contributed by atoms with E-state index < -0.39 is 0 Å². The molecular weight excluding hydrogens is 288 g/mol. The van der Waals surface area contributed by atoms with Crippen molar-refractivity contribution in [2.45, 2.75) is 25.2 Å². The molecule has 2 aliphatic carbocycles. The van der Waals surface area contributed by atoms with Gasteiger partial charge in [0.2, 0.25) is 0 Å². The summed E-state index contributed by atoms with van der Waals surface area (Å²) < 4.78 is 0. The van der Waals surface area contributed by atoms with Crippen molar-refractivity contribution < 1.29 is 0 Å². The summed E-state index contributed by atoms with van der Waals surface area (Å²) in [5.74, 6) is 0.339. The van der Waals surface area contributed by atoms with E-state index in [-0.39, 0.29) is 0 Å².